The quantitative estimate of drug-likeness (QED) is 0.708. The van der Waals surface area contributed by atoms with E-state index < -0.39 is 11.2 Å². The van der Waals surface area contributed by atoms with E-state index in [1.54, 1.807) is 0 Å². The number of nitrogens with two attached hydrogens (primary N) is 1. The maximum atomic E-state index is 11.8. The molecular formula is C13H23N5O2. The highest BCUT2D eigenvalue weighted by molar-refractivity contribution is 5.60. The predicted molar refractivity (Wildman–Crippen MR) is 80.2 cm³/mol. The van der Waals surface area contributed by atoms with Gasteiger partial charge in [-0.2, -0.15) is 0 Å². The summed E-state index contributed by atoms with van der Waals surface area (Å²) in [5.74, 6) is 0.208. The van der Waals surface area contributed by atoms with Crippen LogP contribution in [-0.4, -0.2) is 40.6 Å². The molecule has 112 valence electrons. The highest BCUT2D eigenvalue weighted by Crippen LogP contribution is 2.11. The van der Waals surface area contributed by atoms with Crippen LogP contribution in [-0.2, 0) is 6.54 Å². The van der Waals surface area contributed by atoms with E-state index in [4.69, 9.17) is 5.73 Å². The lowest BCUT2D eigenvalue weighted by atomic mass is 10.1. The SMILES string of the molecule is CCn1c(N)c(NCCN2CCCCC2)c(=O)[nH]c1=O. The van der Waals surface area contributed by atoms with E-state index >= 15 is 0 Å². The fourth-order valence-electron chi connectivity index (χ4n) is 2.59. The minimum absolute atomic E-state index is 0.208. The molecule has 20 heavy (non-hydrogen) atoms. The maximum absolute atomic E-state index is 11.8. The van der Waals surface area contributed by atoms with E-state index in [0.717, 1.165) is 19.6 Å². The molecule has 0 atom stereocenters. The molecule has 0 radical (unpaired) electrons. The number of rotatable bonds is 5. The molecule has 0 aliphatic carbocycles. The first-order valence-corrected chi connectivity index (χ1v) is 7.22. The molecule has 1 saturated heterocycles. The van der Waals surface area contributed by atoms with Crippen molar-refractivity contribution in [1.29, 1.82) is 0 Å². The average Bonchev–Trinajstić information content (AvgIpc) is 2.44. The van der Waals surface area contributed by atoms with Gasteiger partial charge in [0.25, 0.3) is 5.56 Å². The third-order valence-corrected chi connectivity index (χ3v) is 3.73. The fraction of sp³-hybridized carbons (Fsp3) is 0.692. The molecule has 7 heteroatoms. The molecule has 1 aromatic rings. The van der Waals surface area contributed by atoms with Gasteiger partial charge >= 0.3 is 5.69 Å². The monoisotopic (exact) mass is 281 g/mol. The van der Waals surface area contributed by atoms with Gasteiger partial charge in [0, 0.05) is 19.6 Å². The Balaban J connectivity index is 2.02. The summed E-state index contributed by atoms with van der Waals surface area (Å²) in [6.45, 7) is 6.00. The first-order valence-electron chi connectivity index (χ1n) is 7.22. The van der Waals surface area contributed by atoms with Gasteiger partial charge in [0.1, 0.15) is 11.5 Å². The Bertz CT molecular complexity index is 557. The number of nitrogens with zero attached hydrogens (tertiary/aromatic N) is 2. The largest absolute Gasteiger partial charge is 0.383 e. The number of aromatic amines is 1. The minimum Gasteiger partial charge on any atom is -0.383 e. The summed E-state index contributed by atoms with van der Waals surface area (Å²) in [4.78, 5) is 28.0. The molecule has 1 fully saturated rings. The van der Waals surface area contributed by atoms with E-state index in [1.165, 1.54) is 23.8 Å². The third-order valence-electron chi connectivity index (χ3n) is 3.73. The normalized spacial score (nSPS) is 16.2. The first-order chi connectivity index (χ1) is 9.63. The van der Waals surface area contributed by atoms with Gasteiger partial charge in [0.2, 0.25) is 0 Å². The zero-order chi connectivity index (χ0) is 14.5. The van der Waals surface area contributed by atoms with Crippen molar-refractivity contribution in [3.63, 3.8) is 0 Å². The highest BCUT2D eigenvalue weighted by Gasteiger charge is 2.12. The standard InChI is InChI=1S/C13H23N5O2/c1-2-18-11(14)10(12(19)16-13(18)20)15-6-9-17-7-4-3-5-8-17/h15H,2-9,14H2,1H3,(H,16,19,20). The third kappa shape index (κ3) is 3.22. The second-order valence-corrected chi connectivity index (χ2v) is 5.09. The van der Waals surface area contributed by atoms with E-state index in [1.807, 2.05) is 6.92 Å². The summed E-state index contributed by atoms with van der Waals surface area (Å²) >= 11 is 0. The summed E-state index contributed by atoms with van der Waals surface area (Å²) < 4.78 is 1.35. The average molecular weight is 281 g/mol. The number of likely N-dealkylation sites (tertiary alicyclic amines) is 1. The zero-order valence-electron chi connectivity index (χ0n) is 11.9. The Morgan fingerprint density at radius 2 is 1.95 bits per heavy atom. The first kappa shape index (κ1) is 14.6. The molecule has 4 N–H and O–H groups in total. The molecule has 1 aromatic heterocycles. The van der Waals surface area contributed by atoms with Gasteiger partial charge in [-0.25, -0.2) is 4.79 Å². The van der Waals surface area contributed by atoms with Gasteiger partial charge in [-0.1, -0.05) is 6.42 Å². The Morgan fingerprint density at radius 3 is 2.60 bits per heavy atom. The highest BCUT2D eigenvalue weighted by atomic mass is 16.2. The topological polar surface area (TPSA) is 96.2 Å². The number of piperidine rings is 1. The fourth-order valence-corrected chi connectivity index (χ4v) is 2.59. The molecular weight excluding hydrogens is 258 g/mol. The van der Waals surface area contributed by atoms with Gasteiger partial charge in [0.15, 0.2) is 0 Å². The second-order valence-electron chi connectivity index (χ2n) is 5.09. The molecule has 0 amide bonds. The molecule has 0 bridgehead atoms. The van der Waals surface area contributed by atoms with Gasteiger partial charge in [-0.15, -0.1) is 0 Å². The lowest BCUT2D eigenvalue weighted by Crippen LogP contribution is -2.36. The number of hydrogen-bond donors (Lipinski definition) is 3. The molecule has 1 aliphatic rings. The molecule has 7 nitrogen and oxygen atoms in total. The number of H-pyrrole nitrogens is 1. The van der Waals surface area contributed by atoms with E-state index in [-0.39, 0.29) is 5.82 Å². The van der Waals surface area contributed by atoms with Crippen LogP contribution in [0.5, 0.6) is 0 Å². The van der Waals surface area contributed by atoms with Crippen LogP contribution < -0.4 is 22.3 Å². The Morgan fingerprint density at radius 1 is 1.25 bits per heavy atom. The van der Waals surface area contributed by atoms with Crippen LogP contribution in [0.1, 0.15) is 26.2 Å². The van der Waals surface area contributed by atoms with Gasteiger partial charge in [0.05, 0.1) is 0 Å². The number of nitrogens with one attached hydrogen (secondary N) is 2. The number of hydrogen-bond acceptors (Lipinski definition) is 5. The lowest BCUT2D eigenvalue weighted by molar-refractivity contribution is 0.237. The Kier molecular flexibility index (Phi) is 4.84. The van der Waals surface area contributed by atoms with Crippen molar-refractivity contribution in [3.8, 4) is 0 Å². The smallest absolute Gasteiger partial charge is 0.330 e. The summed E-state index contributed by atoms with van der Waals surface area (Å²) in [7, 11) is 0. The number of nitrogen functional groups attached to an aromatic ring is 1. The van der Waals surface area contributed by atoms with E-state index in [9.17, 15) is 9.59 Å². The summed E-state index contributed by atoms with van der Waals surface area (Å²) in [6.07, 6.45) is 3.78. The van der Waals surface area contributed by atoms with Crippen LogP contribution in [0, 0.1) is 0 Å². The zero-order valence-corrected chi connectivity index (χ0v) is 11.9. The van der Waals surface area contributed by atoms with Crippen LogP contribution in [0.4, 0.5) is 11.5 Å². The molecule has 1 aliphatic heterocycles. The molecule has 0 unspecified atom stereocenters. The molecule has 0 aromatic carbocycles. The van der Waals surface area contributed by atoms with Gasteiger partial charge in [-0.05, 0) is 32.9 Å². The van der Waals surface area contributed by atoms with Crippen molar-refractivity contribution < 1.29 is 0 Å². The van der Waals surface area contributed by atoms with Crippen LogP contribution in [0.3, 0.4) is 0 Å². The summed E-state index contributed by atoms with van der Waals surface area (Å²) in [5.41, 5.74) is 5.27. The Hall–Kier alpha value is -1.76. The maximum Gasteiger partial charge on any atom is 0.330 e. The van der Waals surface area contributed by atoms with Crippen LogP contribution in [0.15, 0.2) is 9.59 Å². The predicted octanol–water partition coefficient (Wildman–Crippen LogP) is 0.0365. The van der Waals surface area contributed by atoms with Crippen molar-refractivity contribution in [2.45, 2.75) is 32.7 Å². The minimum atomic E-state index is -0.461. The van der Waals surface area contributed by atoms with Crippen molar-refractivity contribution >= 4 is 11.5 Å². The molecule has 0 spiro atoms. The van der Waals surface area contributed by atoms with Gasteiger partial charge < -0.3 is 16.0 Å². The van der Waals surface area contributed by atoms with Crippen LogP contribution in [0.2, 0.25) is 0 Å². The van der Waals surface area contributed by atoms with Crippen molar-refractivity contribution in [2.75, 3.05) is 37.2 Å². The molecule has 2 heterocycles. The lowest BCUT2D eigenvalue weighted by Gasteiger charge is -2.26. The summed E-state index contributed by atoms with van der Waals surface area (Å²) in [6, 6.07) is 0. The molecule has 0 saturated carbocycles. The van der Waals surface area contributed by atoms with Gasteiger partial charge in [-0.3, -0.25) is 14.3 Å². The number of aromatic nitrogens is 2. The Labute approximate surface area is 117 Å². The van der Waals surface area contributed by atoms with Crippen molar-refractivity contribution in [2.24, 2.45) is 0 Å². The van der Waals surface area contributed by atoms with Crippen LogP contribution in [0.25, 0.3) is 0 Å². The second kappa shape index (κ2) is 6.60. The summed E-state index contributed by atoms with van der Waals surface area (Å²) in [5, 5.41) is 3.06. The molecule has 2 rings (SSSR count). The van der Waals surface area contributed by atoms with E-state index in [2.05, 4.69) is 15.2 Å². The van der Waals surface area contributed by atoms with Crippen LogP contribution >= 0.6 is 0 Å². The van der Waals surface area contributed by atoms with Crippen molar-refractivity contribution in [3.05, 3.63) is 20.8 Å². The van der Waals surface area contributed by atoms with E-state index in [0.29, 0.717) is 18.8 Å². The van der Waals surface area contributed by atoms with Crippen molar-refractivity contribution in [1.82, 2.24) is 14.5 Å². The number of anilines is 2.